The van der Waals surface area contributed by atoms with E-state index in [1.807, 2.05) is 16.8 Å². The summed E-state index contributed by atoms with van der Waals surface area (Å²) >= 11 is 1.51. The lowest BCUT2D eigenvalue weighted by Crippen LogP contribution is -2.03. The van der Waals surface area contributed by atoms with Gasteiger partial charge in [-0.3, -0.25) is 4.57 Å². The molecule has 0 bridgehead atoms. The highest BCUT2D eigenvalue weighted by Gasteiger charge is 2.17. The second-order valence-corrected chi connectivity index (χ2v) is 6.28. The Labute approximate surface area is 144 Å². The molecule has 0 saturated carbocycles. The highest BCUT2D eigenvalue weighted by atomic mass is 32.2. The largest absolute Gasteiger partial charge is 0.468 e. The van der Waals surface area contributed by atoms with Crippen LogP contribution in [0.2, 0.25) is 0 Å². The summed E-state index contributed by atoms with van der Waals surface area (Å²) in [6, 6.07) is 7.82. The molecule has 0 aliphatic heterocycles. The molecule has 6 heteroatoms. The number of benzene rings is 1. The van der Waals surface area contributed by atoms with Gasteiger partial charge in [-0.2, -0.15) is 0 Å². The Morgan fingerprint density at radius 1 is 1.33 bits per heavy atom. The first kappa shape index (κ1) is 16.4. The zero-order valence-corrected chi connectivity index (χ0v) is 14.6. The highest BCUT2D eigenvalue weighted by molar-refractivity contribution is 7.98. The van der Waals surface area contributed by atoms with E-state index in [0.29, 0.717) is 17.1 Å². The van der Waals surface area contributed by atoms with Crippen LogP contribution >= 0.6 is 11.8 Å². The first-order valence-electron chi connectivity index (χ1n) is 7.49. The predicted molar refractivity (Wildman–Crippen MR) is 92.6 cm³/mol. The van der Waals surface area contributed by atoms with E-state index in [-0.39, 0.29) is 0 Å². The second-order valence-electron chi connectivity index (χ2n) is 5.34. The topological polar surface area (TPSA) is 57.3 Å². The molecule has 0 spiro atoms. The highest BCUT2D eigenvalue weighted by Crippen LogP contribution is 2.28. The van der Waals surface area contributed by atoms with Gasteiger partial charge in [-0.05, 0) is 37.1 Å². The number of imidazole rings is 1. The summed E-state index contributed by atoms with van der Waals surface area (Å²) in [6.45, 7) is 4.19. The number of esters is 1. The van der Waals surface area contributed by atoms with E-state index in [0.717, 1.165) is 10.8 Å². The molecule has 0 N–H and O–H groups in total. The van der Waals surface area contributed by atoms with Crippen molar-refractivity contribution >= 4 is 17.7 Å². The van der Waals surface area contributed by atoms with Crippen molar-refractivity contribution in [2.24, 2.45) is 0 Å². The number of rotatable bonds is 5. The Bertz CT molecular complexity index is 867. The molecule has 2 aromatic heterocycles. The maximum Gasteiger partial charge on any atom is 0.341 e. The molecule has 1 aromatic carbocycles. The van der Waals surface area contributed by atoms with E-state index in [4.69, 9.17) is 9.15 Å². The fourth-order valence-electron chi connectivity index (χ4n) is 2.45. The van der Waals surface area contributed by atoms with Gasteiger partial charge in [-0.15, -0.1) is 0 Å². The van der Waals surface area contributed by atoms with Crippen LogP contribution in [0, 0.1) is 13.8 Å². The Balaban J connectivity index is 1.84. The van der Waals surface area contributed by atoms with E-state index in [9.17, 15) is 4.79 Å². The maximum absolute atomic E-state index is 11.7. The number of nitrogens with zero attached hydrogens (tertiary/aromatic N) is 2. The van der Waals surface area contributed by atoms with Gasteiger partial charge < -0.3 is 9.15 Å². The van der Waals surface area contributed by atoms with Gasteiger partial charge in [-0.1, -0.05) is 23.9 Å². The molecule has 24 heavy (non-hydrogen) atoms. The predicted octanol–water partition coefficient (Wildman–Crippen LogP) is 4.16. The molecule has 3 rings (SSSR count). The number of thioether (sulfide) groups is 1. The number of hydrogen-bond acceptors (Lipinski definition) is 5. The fraction of sp³-hybridized carbons (Fsp3) is 0.222. The van der Waals surface area contributed by atoms with Crippen LogP contribution in [0.25, 0.3) is 5.69 Å². The molecule has 0 saturated heterocycles. The Kier molecular flexibility index (Phi) is 4.76. The summed E-state index contributed by atoms with van der Waals surface area (Å²) in [4.78, 5) is 16.1. The molecule has 0 unspecified atom stereocenters. The van der Waals surface area contributed by atoms with Crippen molar-refractivity contribution in [3.05, 3.63) is 65.4 Å². The van der Waals surface area contributed by atoms with Crippen LogP contribution in [0.15, 0.2) is 52.5 Å². The van der Waals surface area contributed by atoms with Crippen LogP contribution in [-0.2, 0) is 10.5 Å². The van der Waals surface area contributed by atoms with Crippen molar-refractivity contribution in [1.29, 1.82) is 0 Å². The SMILES string of the molecule is COC(=O)c1ccoc1CSc1nccn1-c1cccc(C)c1C. The van der Waals surface area contributed by atoms with Gasteiger partial charge >= 0.3 is 5.97 Å². The summed E-state index contributed by atoms with van der Waals surface area (Å²) in [5.41, 5.74) is 4.00. The minimum Gasteiger partial charge on any atom is -0.468 e. The molecule has 124 valence electrons. The summed E-state index contributed by atoms with van der Waals surface area (Å²) in [5.74, 6) is 0.693. The van der Waals surface area contributed by atoms with Gasteiger partial charge in [0.05, 0.1) is 24.8 Å². The number of carbonyl (C=O) groups excluding carboxylic acids is 1. The maximum atomic E-state index is 11.7. The van der Waals surface area contributed by atoms with Gasteiger partial charge in [-0.25, -0.2) is 9.78 Å². The molecule has 3 aromatic rings. The summed E-state index contributed by atoms with van der Waals surface area (Å²) in [6.07, 6.45) is 5.21. The van der Waals surface area contributed by atoms with Gasteiger partial charge in [0.25, 0.3) is 0 Å². The fourth-order valence-corrected chi connectivity index (χ4v) is 3.37. The molecular formula is C18H18N2O3S. The van der Waals surface area contributed by atoms with Crippen molar-refractivity contribution < 1.29 is 13.9 Å². The monoisotopic (exact) mass is 342 g/mol. The zero-order chi connectivity index (χ0) is 17.1. The number of hydrogen-bond donors (Lipinski definition) is 0. The number of carbonyl (C=O) groups is 1. The summed E-state index contributed by atoms with van der Waals surface area (Å²) in [7, 11) is 1.36. The molecular weight excluding hydrogens is 324 g/mol. The number of furan rings is 1. The lowest BCUT2D eigenvalue weighted by Gasteiger charge is -2.12. The first-order valence-corrected chi connectivity index (χ1v) is 8.47. The van der Waals surface area contributed by atoms with Gasteiger partial charge in [0, 0.05) is 12.4 Å². The van der Waals surface area contributed by atoms with Crippen molar-refractivity contribution in [3.8, 4) is 5.69 Å². The zero-order valence-electron chi connectivity index (χ0n) is 13.8. The molecule has 0 amide bonds. The van der Waals surface area contributed by atoms with E-state index in [1.54, 1.807) is 12.3 Å². The normalized spacial score (nSPS) is 10.8. The number of aryl methyl sites for hydroxylation is 1. The standard InChI is InChI=1S/C18H18N2O3S/c1-12-5-4-6-15(13(12)2)20-9-8-19-18(20)24-11-16-14(7-10-23-16)17(21)22-3/h4-10H,11H2,1-3H3. The van der Waals surface area contributed by atoms with Crippen molar-refractivity contribution in [2.75, 3.05) is 7.11 Å². The van der Waals surface area contributed by atoms with Crippen LogP contribution in [0.5, 0.6) is 0 Å². The van der Waals surface area contributed by atoms with E-state index in [2.05, 4.69) is 31.0 Å². The van der Waals surface area contributed by atoms with Crippen LogP contribution in [0.3, 0.4) is 0 Å². The molecule has 0 aliphatic carbocycles. The number of methoxy groups -OCH3 is 1. The average Bonchev–Trinajstić information content (AvgIpc) is 3.23. The summed E-state index contributed by atoms with van der Waals surface area (Å²) in [5, 5.41) is 0.843. The third kappa shape index (κ3) is 3.10. The van der Waals surface area contributed by atoms with Crippen molar-refractivity contribution in [1.82, 2.24) is 9.55 Å². The third-order valence-electron chi connectivity index (χ3n) is 3.93. The molecule has 2 heterocycles. The Morgan fingerprint density at radius 3 is 2.96 bits per heavy atom. The molecule has 0 aliphatic rings. The van der Waals surface area contributed by atoms with Crippen molar-refractivity contribution in [2.45, 2.75) is 24.8 Å². The van der Waals surface area contributed by atoms with Gasteiger partial charge in [0.15, 0.2) is 5.16 Å². The van der Waals surface area contributed by atoms with E-state index < -0.39 is 5.97 Å². The van der Waals surface area contributed by atoms with Gasteiger partial charge in [0.1, 0.15) is 11.3 Å². The van der Waals surface area contributed by atoms with Crippen LogP contribution in [0.1, 0.15) is 27.2 Å². The summed E-state index contributed by atoms with van der Waals surface area (Å²) < 4.78 is 12.2. The lowest BCUT2D eigenvalue weighted by molar-refractivity contribution is 0.0598. The molecule has 5 nitrogen and oxygen atoms in total. The smallest absolute Gasteiger partial charge is 0.341 e. The minimum atomic E-state index is -0.391. The van der Waals surface area contributed by atoms with E-state index in [1.165, 1.54) is 36.3 Å². The average molecular weight is 342 g/mol. The quantitative estimate of drug-likeness (QED) is 0.515. The molecule has 0 atom stereocenters. The van der Waals surface area contributed by atoms with E-state index >= 15 is 0 Å². The van der Waals surface area contributed by atoms with Crippen LogP contribution in [0.4, 0.5) is 0 Å². The number of ether oxygens (including phenoxy) is 1. The minimum absolute atomic E-state index is 0.391. The first-order chi connectivity index (χ1) is 11.6. The Hall–Kier alpha value is -2.47. The van der Waals surface area contributed by atoms with Crippen molar-refractivity contribution in [3.63, 3.8) is 0 Å². The Morgan fingerprint density at radius 2 is 2.17 bits per heavy atom. The molecule has 0 fully saturated rings. The van der Waals surface area contributed by atoms with Gasteiger partial charge in [0.2, 0.25) is 0 Å². The van der Waals surface area contributed by atoms with Crippen LogP contribution < -0.4 is 0 Å². The molecule has 0 radical (unpaired) electrons. The van der Waals surface area contributed by atoms with Crippen LogP contribution in [-0.4, -0.2) is 22.6 Å². The third-order valence-corrected chi connectivity index (χ3v) is 4.89. The second kappa shape index (κ2) is 6.97. The lowest BCUT2D eigenvalue weighted by atomic mass is 10.1. The number of aromatic nitrogens is 2.